The zero-order chi connectivity index (χ0) is 17.4. The second kappa shape index (κ2) is 8.67. The first kappa shape index (κ1) is 18.3. The molecule has 0 radical (unpaired) electrons. The molecule has 0 aliphatic heterocycles. The molecule has 0 spiro atoms. The average Bonchev–Trinajstić information content (AvgIpc) is 2.53. The Hall–Kier alpha value is -2.70. The predicted octanol–water partition coefficient (Wildman–Crippen LogP) is 2.13. The van der Waals surface area contributed by atoms with Crippen molar-refractivity contribution in [2.24, 2.45) is 0 Å². The predicted molar refractivity (Wildman–Crippen MR) is 83.0 cm³/mol. The van der Waals surface area contributed by atoms with Crippen molar-refractivity contribution in [2.75, 3.05) is 27.9 Å². The summed E-state index contributed by atoms with van der Waals surface area (Å²) in [5.41, 5.74) is 0.485. The molecule has 0 unspecified atom stereocenters. The van der Waals surface area contributed by atoms with Crippen LogP contribution in [0.1, 0.15) is 18.9 Å². The van der Waals surface area contributed by atoms with Crippen molar-refractivity contribution in [3.63, 3.8) is 0 Å². The van der Waals surface area contributed by atoms with Gasteiger partial charge in [-0.05, 0) is 19.1 Å². The van der Waals surface area contributed by atoms with Crippen LogP contribution in [0.25, 0.3) is 6.08 Å². The van der Waals surface area contributed by atoms with Gasteiger partial charge in [-0.3, -0.25) is 4.79 Å². The lowest BCUT2D eigenvalue weighted by atomic mass is 10.1. The standard InChI is InChI=1S/C16H20O7/c1-5-23-16(19)11(8-15(17)18)6-10-7-13(21-3)14(22-4)9-12(10)20-2/h6-7,9H,5,8H2,1-4H3,(H,17,18). The first-order chi connectivity index (χ1) is 11.0. The number of esters is 1. The molecule has 1 N–H and O–H groups in total. The van der Waals surface area contributed by atoms with Crippen LogP contribution in [0.15, 0.2) is 17.7 Å². The Bertz CT molecular complexity index is 605. The SMILES string of the molecule is CCOC(=O)C(=Cc1cc(OC)c(OC)cc1OC)CC(=O)O. The highest BCUT2D eigenvalue weighted by atomic mass is 16.5. The molecule has 7 heteroatoms. The monoisotopic (exact) mass is 324 g/mol. The van der Waals surface area contributed by atoms with E-state index in [1.165, 1.54) is 27.4 Å². The quantitative estimate of drug-likeness (QED) is 0.578. The first-order valence-electron chi connectivity index (χ1n) is 6.86. The van der Waals surface area contributed by atoms with Gasteiger partial charge < -0.3 is 24.1 Å². The van der Waals surface area contributed by atoms with E-state index >= 15 is 0 Å². The van der Waals surface area contributed by atoms with Gasteiger partial charge in [0.2, 0.25) is 0 Å². The Balaban J connectivity index is 3.38. The van der Waals surface area contributed by atoms with Crippen molar-refractivity contribution >= 4 is 18.0 Å². The smallest absolute Gasteiger partial charge is 0.334 e. The van der Waals surface area contributed by atoms with Crippen molar-refractivity contribution < 1.29 is 33.6 Å². The van der Waals surface area contributed by atoms with Gasteiger partial charge in [0.25, 0.3) is 0 Å². The van der Waals surface area contributed by atoms with E-state index in [4.69, 9.17) is 24.1 Å². The van der Waals surface area contributed by atoms with Crippen molar-refractivity contribution in [1.82, 2.24) is 0 Å². The fourth-order valence-corrected chi connectivity index (χ4v) is 1.92. The highest BCUT2D eigenvalue weighted by Crippen LogP contribution is 2.35. The van der Waals surface area contributed by atoms with Gasteiger partial charge in [0.15, 0.2) is 11.5 Å². The van der Waals surface area contributed by atoms with Crippen molar-refractivity contribution in [2.45, 2.75) is 13.3 Å². The van der Waals surface area contributed by atoms with Crippen LogP contribution in [0, 0.1) is 0 Å². The maximum Gasteiger partial charge on any atom is 0.334 e. The lowest BCUT2D eigenvalue weighted by molar-refractivity contribution is -0.142. The van der Waals surface area contributed by atoms with Crippen LogP contribution in [-0.2, 0) is 14.3 Å². The van der Waals surface area contributed by atoms with Gasteiger partial charge in [0.05, 0.1) is 34.4 Å². The maximum absolute atomic E-state index is 11.9. The molecule has 0 aromatic heterocycles. The summed E-state index contributed by atoms with van der Waals surface area (Å²) >= 11 is 0. The van der Waals surface area contributed by atoms with E-state index in [1.807, 2.05) is 0 Å². The minimum Gasteiger partial charge on any atom is -0.496 e. The summed E-state index contributed by atoms with van der Waals surface area (Å²) in [7, 11) is 4.42. The molecule has 1 aromatic rings. The van der Waals surface area contributed by atoms with Crippen LogP contribution in [-0.4, -0.2) is 45.0 Å². The second-order valence-electron chi connectivity index (χ2n) is 4.41. The molecule has 23 heavy (non-hydrogen) atoms. The van der Waals surface area contributed by atoms with Gasteiger partial charge >= 0.3 is 11.9 Å². The molecule has 0 saturated carbocycles. The number of methoxy groups -OCH3 is 3. The van der Waals surface area contributed by atoms with Crippen LogP contribution in [0.4, 0.5) is 0 Å². The average molecular weight is 324 g/mol. The molecular formula is C16H20O7. The topological polar surface area (TPSA) is 91.3 Å². The number of carboxylic acid groups (broad SMARTS) is 1. The van der Waals surface area contributed by atoms with E-state index in [1.54, 1.807) is 19.1 Å². The summed E-state index contributed by atoms with van der Waals surface area (Å²) in [6, 6.07) is 3.19. The Labute approximate surface area is 134 Å². The van der Waals surface area contributed by atoms with E-state index in [-0.39, 0.29) is 12.2 Å². The van der Waals surface area contributed by atoms with Crippen molar-refractivity contribution in [3.8, 4) is 17.2 Å². The van der Waals surface area contributed by atoms with Crippen LogP contribution >= 0.6 is 0 Å². The van der Waals surface area contributed by atoms with Gasteiger partial charge in [-0.1, -0.05) is 0 Å². The van der Waals surface area contributed by atoms with Gasteiger partial charge in [0.1, 0.15) is 5.75 Å². The molecule has 0 fully saturated rings. The zero-order valence-electron chi connectivity index (χ0n) is 13.5. The largest absolute Gasteiger partial charge is 0.496 e. The van der Waals surface area contributed by atoms with Gasteiger partial charge in [-0.2, -0.15) is 0 Å². The number of carboxylic acids is 1. The summed E-state index contributed by atoms with van der Waals surface area (Å²) in [4.78, 5) is 22.9. The maximum atomic E-state index is 11.9. The lowest BCUT2D eigenvalue weighted by Gasteiger charge is -2.13. The minimum atomic E-state index is -1.14. The Morgan fingerprint density at radius 3 is 2.09 bits per heavy atom. The third-order valence-corrected chi connectivity index (χ3v) is 2.94. The fraction of sp³-hybridized carbons (Fsp3) is 0.375. The number of carbonyl (C=O) groups excluding carboxylic acids is 1. The van der Waals surface area contributed by atoms with Gasteiger partial charge in [-0.15, -0.1) is 0 Å². The third-order valence-electron chi connectivity index (χ3n) is 2.94. The van der Waals surface area contributed by atoms with Crippen LogP contribution in [0.3, 0.4) is 0 Å². The molecule has 1 rings (SSSR count). The summed E-state index contributed by atoms with van der Waals surface area (Å²) in [5, 5.41) is 8.96. The normalized spacial score (nSPS) is 10.9. The molecule has 7 nitrogen and oxygen atoms in total. The van der Waals surface area contributed by atoms with E-state index in [2.05, 4.69) is 0 Å². The first-order valence-corrected chi connectivity index (χ1v) is 6.86. The summed E-state index contributed by atoms with van der Waals surface area (Å²) in [5.74, 6) is -0.527. The molecule has 0 aliphatic carbocycles. The molecule has 0 heterocycles. The molecule has 0 atom stereocenters. The molecule has 0 saturated heterocycles. The van der Waals surface area contributed by atoms with Gasteiger partial charge in [0, 0.05) is 17.2 Å². The highest BCUT2D eigenvalue weighted by Gasteiger charge is 2.17. The Morgan fingerprint density at radius 2 is 1.61 bits per heavy atom. The van der Waals surface area contributed by atoms with Crippen LogP contribution in [0.2, 0.25) is 0 Å². The molecule has 1 aromatic carbocycles. The molecule has 126 valence electrons. The number of carbonyl (C=O) groups is 2. The zero-order valence-corrected chi connectivity index (χ0v) is 13.5. The van der Waals surface area contributed by atoms with Crippen molar-refractivity contribution in [3.05, 3.63) is 23.3 Å². The summed E-state index contributed by atoms with van der Waals surface area (Å²) in [6.07, 6.45) is 0.948. The summed E-state index contributed by atoms with van der Waals surface area (Å²) < 4.78 is 20.5. The number of hydrogen-bond donors (Lipinski definition) is 1. The molecule has 0 aliphatic rings. The third kappa shape index (κ3) is 4.91. The Kier molecular flexibility index (Phi) is 6.92. The molecule has 0 amide bonds. The number of hydrogen-bond acceptors (Lipinski definition) is 6. The number of benzene rings is 1. The van der Waals surface area contributed by atoms with Crippen molar-refractivity contribution in [1.29, 1.82) is 0 Å². The second-order valence-corrected chi connectivity index (χ2v) is 4.41. The van der Waals surface area contributed by atoms with Crippen LogP contribution < -0.4 is 14.2 Å². The minimum absolute atomic E-state index is 0.00451. The number of aliphatic carboxylic acids is 1. The van der Waals surface area contributed by atoms with E-state index in [0.717, 1.165) is 0 Å². The fourth-order valence-electron chi connectivity index (χ4n) is 1.92. The Morgan fingerprint density at radius 1 is 1.04 bits per heavy atom. The number of rotatable bonds is 8. The molecular weight excluding hydrogens is 304 g/mol. The summed E-state index contributed by atoms with van der Waals surface area (Å²) in [6.45, 7) is 1.80. The van der Waals surface area contributed by atoms with Crippen LogP contribution in [0.5, 0.6) is 17.2 Å². The molecule has 0 bridgehead atoms. The van der Waals surface area contributed by atoms with E-state index in [9.17, 15) is 9.59 Å². The highest BCUT2D eigenvalue weighted by molar-refractivity contribution is 5.98. The number of ether oxygens (including phenoxy) is 4. The van der Waals surface area contributed by atoms with E-state index < -0.39 is 18.4 Å². The lowest BCUT2D eigenvalue weighted by Crippen LogP contribution is -2.11. The van der Waals surface area contributed by atoms with E-state index in [0.29, 0.717) is 22.8 Å². The van der Waals surface area contributed by atoms with Gasteiger partial charge in [-0.25, -0.2) is 4.79 Å².